The van der Waals surface area contributed by atoms with Crippen LogP contribution < -0.4 is 10.2 Å². The molecule has 0 spiro atoms. The van der Waals surface area contributed by atoms with E-state index < -0.39 is 16.6 Å². The predicted octanol–water partition coefficient (Wildman–Crippen LogP) is 4.63. The molecule has 2 heterocycles. The molecule has 0 amide bonds. The van der Waals surface area contributed by atoms with E-state index in [0.717, 1.165) is 11.6 Å². The van der Waals surface area contributed by atoms with Gasteiger partial charge < -0.3 is 24.5 Å². The summed E-state index contributed by atoms with van der Waals surface area (Å²) in [4.78, 5) is 13.3. The summed E-state index contributed by atoms with van der Waals surface area (Å²) in [6.45, 7) is 9.81. The van der Waals surface area contributed by atoms with Gasteiger partial charge in [-0.25, -0.2) is 0 Å². The van der Waals surface area contributed by atoms with Gasteiger partial charge in [0.05, 0.1) is 5.39 Å². The maximum absolute atomic E-state index is 13.3. The smallest absolute Gasteiger partial charge is 0.204 e. The number of hydrogen-bond donors (Lipinski definition) is 3. The zero-order chi connectivity index (χ0) is 21.2. The Morgan fingerprint density at radius 3 is 2.48 bits per heavy atom. The highest BCUT2D eigenvalue weighted by molar-refractivity contribution is 5.98. The predicted molar refractivity (Wildman–Crippen MR) is 111 cm³/mol. The number of ether oxygens (including phenoxy) is 1. The summed E-state index contributed by atoms with van der Waals surface area (Å²) in [7, 11) is 0. The van der Waals surface area contributed by atoms with Gasteiger partial charge in [-0.1, -0.05) is 25.5 Å². The molecule has 3 aromatic rings. The Morgan fingerprint density at radius 2 is 1.83 bits per heavy atom. The van der Waals surface area contributed by atoms with Crippen molar-refractivity contribution >= 4 is 21.9 Å². The lowest BCUT2D eigenvalue weighted by Gasteiger charge is -2.23. The van der Waals surface area contributed by atoms with E-state index in [0.29, 0.717) is 23.3 Å². The van der Waals surface area contributed by atoms with Gasteiger partial charge >= 0.3 is 0 Å². The van der Waals surface area contributed by atoms with Crippen molar-refractivity contribution in [2.75, 3.05) is 0 Å². The van der Waals surface area contributed by atoms with Crippen LogP contribution in [0.2, 0.25) is 0 Å². The first-order valence-electron chi connectivity index (χ1n) is 9.54. The minimum absolute atomic E-state index is 0.0595. The van der Waals surface area contributed by atoms with Crippen LogP contribution in [-0.4, -0.2) is 21.4 Å². The third kappa shape index (κ3) is 2.66. The van der Waals surface area contributed by atoms with Gasteiger partial charge in [0.15, 0.2) is 11.5 Å². The Kier molecular flexibility index (Phi) is 4.08. The second-order valence-electron chi connectivity index (χ2n) is 8.47. The SMILES string of the molecule is CC(C)=CCc1c2c(c(O)c3c(=O)c4cc(O)c(O)cc4oc13)C(C)(C)[C@H](C)O2. The number of phenolic OH excluding ortho intramolecular Hbond substituents is 3. The Hall–Kier alpha value is -3.15. The average molecular weight is 396 g/mol. The van der Waals surface area contributed by atoms with Crippen LogP contribution in [0.5, 0.6) is 23.0 Å². The monoisotopic (exact) mass is 396 g/mol. The van der Waals surface area contributed by atoms with Gasteiger partial charge in [-0.2, -0.15) is 0 Å². The van der Waals surface area contributed by atoms with Gasteiger partial charge in [0.25, 0.3) is 0 Å². The van der Waals surface area contributed by atoms with Crippen molar-refractivity contribution in [3.8, 4) is 23.0 Å². The molecule has 0 fully saturated rings. The number of benzene rings is 2. The van der Waals surface area contributed by atoms with Crippen molar-refractivity contribution in [1.29, 1.82) is 0 Å². The van der Waals surface area contributed by atoms with Crippen LogP contribution in [0.15, 0.2) is 33.0 Å². The third-order valence-electron chi connectivity index (χ3n) is 5.91. The van der Waals surface area contributed by atoms with E-state index in [1.54, 1.807) is 0 Å². The van der Waals surface area contributed by atoms with Gasteiger partial charge in [-0.05, 0) is 33.3 Å². The van der Waals surface area contributed by atoms with Crippen LogP contribution in [0.3, 0.4) is 0 Å². The van der Waals surface area contributed by atoms with E-state index in [-0.39, 0.29) is 39.5 Å². The highest BCUT2D eigenvalue weighted by Crippen LogP contribution is 2.52. The Labute approximate surface area is 167 Å². The summed E-state index contributed by atoms with van der Waals surface area (Å²) in [5.41, 5.74) is 1.74. The molecule has 3 N–H and O–H groups in total. The maximum atomic E-state index is 13.3. The molecule has 6 nitrogen and oxygen atoms in total. The molecule has 0 saturated heterocycles. The van der Waals surface area contributed by atoms with Crippen LogP contribution in [0.4, 0.5) is 0 Å². The third-order valence-corrected chi connectivity index (χ3v) is 5.91. The van der Waals surface area contributed by atoms with E-state index in [1.807, 2.05) is 40.7 Å². The van der Waals surface area contributed by atoms with Gasteiger partial charge in [0.2, 0.25) is 5.43 Å². The molecular formula is C23H24O6. The quantitative estimate of drug-likeness (QED) is 0.332. The zero-order valence-electron chi connectivity index (χ0n) is 17.1. The second kappa shape index (κ2) is 6.17. The summed E-state index contributed by atoms with van der Waals surface area (Å²) in [6.07, 6.45) is 2.26. The molecule has 1 aliphatic rings. The molecular weight excluding hydrogens is 372 g/mol. The minimum atomic E-state index is -0.508. The molecule has 0 saturated carbocycles. The molecule has 0 aliphatic carbocycles. The first kappa shape index (κ1) is 19.2. The van der Waals surface area contributed by atoms with Crippen LogP contribution in [0, 0.1) is 0 Å². The van der Waals surface area contributed by atoms with Crippen molar-refractivity contribution in [3.05, 3.63) is 45.1 Å². The van der Waals surface area contributed by atoms with Crippen LogP contribution >= 0.6 is 0 Å². The topological polar surface area (TPSA) is 100 Å². The van der Waals surface area contributed by atoms with Gasteiger partial charge in [-0.15, -0.1) is 0 Å². The number of hydrogen-bond acceptors (Lipinski definition) is 6. The molecule has 0 radical (unpaired) electrons. The van der Waals surface area contributed by atoms with E-state index in [9.17, 15) is 20.1 Å². The lowest BCUT2D eigenvalue weighted by Crippen LogP contribution is -2.29. The lowest BCUT2D eigenvalue weighted by molar-refractivity contribution is 0.184. The molecule has 1 aromatic heterocycles. The fourth-order valence-electron chi connectivity index (χ4n) is 3.88. The van der Waals surface area contributed by atoms with E-state index >= 15 is 0 Å². The molecule has 1 aliphatic heterocycles. The van der Waals surface area contributed by atoms with Crippen molar-refractivity contribution < 1.29 is 24.5 Å². The number of phenols is 3. The first-order valence-corrected chi connectivity index (χ1v) is 9.54. The molecule has 0 unspecified atom stereocenters. The van der Waals surface area contributed by atoms with Crippen LogP contribution in [-0.2, 0) is 11.8 Å². The van der Waals surface area contributed by atoms with Crippen molar-refractivity contribution in [1.82, 2.24) is 0 Å². The second-order valence-corrected chi connectivity index (χ2v) is 8.47. The van der Waals surface area contributed by atoms with Crippen LogP contribution in [0.1, 0.15) is 45.7 Å². The average Bonchev–Trinajstić information content (AvgIpc) is 2.86. The number of allylic oxidation sites excluding steroid dienone is 2. The summed E-state index contributed by atoms with van der Waals surface area (Å²) in [6, 6.07) is 2.36. The van der Waals surface area contributed by atoms with Crippen molar-refractivity contribution in [3.63, 3.8) is 0 Å². The normalized spacial score (nSPS) is 17.3. The van der Waals surface area contributed by atoms with Crippen molar-refractivity contribution in [2.24, 2.45) is 0 Å². The minimum Gasteiger partial charge on any atom is -0.507 e. The fourth-order valence-corrected chi connectivity index (χ4v) is 3.88. The van der Waals surface area contributed by atoms with Crippen LogP contribution in [0.25, 0.3) is 21.9 Å². The molecule has 2 aromatic carbocycles. The standard InChI is InChI=1S/C23H24O6/c1-10(2)6-7-12-21-17(20(27)18-22(12)28-11(3)23(18,4)5)19(26)13-8-14(24)15(25)9-16(13)29-21/h6,8-9,11,24-25,27H,7H2,1-5H3/t11-/m0/s1. The highest BCUT2D eigenvalue weighted by atomic mass is 16.5. The summed E-state index contributed by atoms with van der Waals surface area (Å²) in [5, 5.41) is 30.9. The Bertz CT molecular complexity index is 1260. The summed E-state index contributed by atoms with van der Waals surface area (Å²) < 4.78 is 12.1. The zero-order valence-corrected chi connectivity index (χ0v) is 17.1. The van der Waals surface area contributed by atoms with Gasteiger partial charge in [-0.3, -0.25) is 4.79 Å². The van der Waals surface area contributed by atoms with E-state index in [4.69, 9.17) is 9.15 Å². The maximum Gasteiger partial charge on any atom is 0.204 e. The molecule has 152 valence electrons. The molecule has 29 heavy (non-hydrogen) atoms. The largest absolute Gasteiger partial charge is 0.507 e. The van der Waals surface area contributed by atoms with Gasteiger partial charge in [0, 0.05) is 22.6 Å². The molecule has 4 rings (SSSR count). The molecule has 0 bridgehead atoms. The Morgan fingerprint density at radius 1 is 1.17 bits per heavy atom. The number of rotatable bonds is 2. The lowest BCUT2D eigenvalue weighted by atomic mass is 9.79. The number of aromatic hydroxyl groups is 3. The Balaban J connectivity index is 2.22. The molecule has 6 heteroatoms. The van der Waals surface area contributed by atoms with E-state index in [1.165, 1.54) is 6.07 Å². The highest BCUT2D eigenvalue weighted by Gasteiger charge is 2.44. The summed E-state index contributed by atoms with van der Waals surface area (Å²) >= 11 is 0. The first-order chi connectivity index (χ1) is 13.5. The van der Waals surface area contributed by atoms with Crippen molar-refractivity contribution in [2.45, 2.75) is 52.6 Å². The number of fused-ring (bicyclic) bond motifs is 3. The molecule has 1 atom stereocenters. The fraction of sp³-hybridized carbons (Fsp3) is 0.348. The van der Waals surface area contributed by atoms with E-state index in [2.05, 4.69) is 0 Å². The van der Waals surface area contributed by atoms with Gasteiger partial charge in [0.1, 0.15) is 34.2 Å². The summed E-state index contributed by atoms with van der Waals surface area (Å²) in [5.74, 6) is -0.432.